The Hall–Kier alpha value is -3.32. The first-order chi connectivity index (χ1) is 20.2. The molecule has 10 nitrogen and oxygen atoms in total. The number of carbonyl (C=O) groups is 2. The smallest absolute Gasteiger partial charge is 0.348 e. The number of hydrogen-bond donors (Lipinski definition) is 2. The summed E-state index contributed by atoms with van der Waals surface area (Å²) in [6.07, 6.45) is 6.27. The van der Waals surface area contributed by atoms with Crippen molar-refractivity contribution in [3.05, 3.63) is 59.6 Å². The number of thiophene rings is 1. The first-order valence-electron chi connectivity index (χ1n) is 14.4. The Balaban J connectivity index is 1.33. The number of aliphatic hydroxyl groups is 1. The zero-order valence-corrected chi connectivity index (χ0v) is 24.8. The van der Waals surface area contributed by atoms with E-state index in [1.807, 2.05) is 35.2 Å². The number of hydrogen-bond acceptors (Lipinski definition) is 8. The van der Waals surface area contributed by atoms with Gasteiger partial charge in [0.25, 0.3) is 0 Å². The molecule has 0 bridgehead atoms. The zero-order chi connectivity index (χ0) is 29.4. The van der Waals surface area contributed by atoms with E-state index in [2.05, 4.69) is 4.98 Å². The highest BCUT2D eigenvalue weighted by Crippen LogP contribution is 2.42. The number of benzene rings is 1. The van der Waals surface area contributed by atoms with E-state index < -0.39 is 34.0 Å². The Bertz CT molecular complexity index is 1550. The predicted octanol–water partition coefficient (Wildman–Crippen LogP) is 4.07. The topological polar surface area (TPSA) is 131 Å². The lowest BCUT2D eigenvalue weighted by molar-refractivity contribution is -0.121. The van der Waals surface area contributed by atoms with Gasteiger partial charge in [-0.1, -0.05) is 49.6 Å². The number of aromatic nitrogens is 1. The minimum atomic E-state index is -4.05. The van der Waals surface area contributed by atoms with Gasteiger partial charge < -0.3 is 20.0 Å². The highest BCUT2D eigenvalue weighted by molar-refractivity contribution is 7.89. The first-order valence-corrected chi connectivity index (χ1v) is 16.6. The minimum Gasteiger partial charge on any atom is -0.477 e. The molecule has 1 aromatic carbocycles. The summed E-state index contributed by atoms with van der Waals surface area (Å²) in [6.45, 7) is 0.786. The molecule has 0 radical (unpaired) electrons. The highest BCUT2D eigenvalue weighted by Gasteiger charge is 2.44. The fraction of sp³-hybridized carbons (Fsp3) is 0.433. The second-order valence-electron chi connectivity index (χ2n) is 11.3. The van der Waals surface area contributed by atoms with Crippen LogP contribution in [0.15, 0.2) is 59.6 Å². The molecule has 2 aliphatic heterocycles. The summed E-state index contributed by atoms with van der Waals surface area (Å²) in [5, 5.41) is 20.0. The molecule has 2 N–H and O–H groups in total. The van der Waals surface area contributed by atoms with E-state index in [0.717, 1.165) is 53.9 Å². The Kier molecular flexibility index (Phi) is 8.05. The van der Waals surface area contributed by atoms with E-state index in [1.165, 1.54) is 16.6 Å². The lowest BCUT2D eigenvalue weighted by Crippen LogP contribution is -2.60. The van der Waals surface area contributed by atoms with Crippen LogP contribution in [0.2, 0.25) is 0 Å². The van der Waals surface area contributed by atoms with Crippen molar-refractivity contribution in [3.8, 4) is 10.4 Å². The van der Waals surface area contributed by atoms with Gasteiger partial charge in [-0.15, -0.1) is 11.3 Å². The molecule has 1 aliphatic carbocycles. The third kappa shape index (κ3) is 5.56. The average molecular weight is 611 g/mol. The van der Waals surface area contributed by atoms with Gasteiger partial charge >= 0.3 is 5.97 Å². The van der Waals surface area contributed by atoms with Crippen LogP contribution in [-0.2, 0) is 14.8 Å². The summed E-state index contributed by atoms with van der Waals surface area (Å²) < 4.78 is 28.9. The molecule has 2 atom stereocenters. The molecule has 1 saturated carbocycles. The number of carboxylic acid groups (broad SMARTS) is 1. The molecular weight excluding hydrogens is 576 g/mol. The lowest BCUT2D eigenvalue weighted by atomic mass is 9.82. The Morgan fingerprint density at radius 2 is 1.76 bits per heavy atom. The van der Waals surface area contributed by atoms with Crippen LogP contribution in [0.4, 0.5) is 11.5 Å². The van der Waals surface area contributed by atoms with Gasteiger partial charge in [0.05, 0.1) is 24.4 Å². The van der Waals surface area contributed by atoms with Crippen LogP contribution in [-0.4, -0.2) is 78.1 Å². The summed E-state index contributed by atoms with van der Waals surface area (Å²) in [6, 6.07) is 13.9. The van der Waals surface area contributed by atoms with Crippen LogP contribution in [0.25, 0.3) is 10.4 Å². The average Bonchev–Trinajstić information content (AvgIpc) is 3.65. The molecule has 2 aromatic heterocycles. The fourth-order valence-electron chi connectivity index (χ4n) is 6.41. The van der Waals surface area contributed by atoms with Crippen LogP contribution < -0.4 is 9.80 Å². The number of sulfonamides is 1. The van der Waals surface area contributed by atoms with Crippen molar-refractivity contribution in [2.45, 2.75) is 55.6 Å². The van der Waals surface area contributed by atoms with E-state index in [-0.39, 0.29) is 28.8 Å². The molecule has 42 heavy (non-hydrogen) atoms. The maximum absolute atomic E-state index is 13.9. The normalized spacial score (nSPS) is 22.5. The quantitative estimate of drug-likeness (QED) is 0.410. The maximum Gasteiger partial charge on any atom is 0.348 e. The van der Waals surface area contributed by atoms with Gasteiger partial charge in [-0.2, -0.15) is 4.31 Å². The molecule has 0 spiro atoms. The number of carbonyl (C=O) groups excluding carboxylic acids is 1. The molecule has 3 fully saturated rings. The molecule has 6 rings (SSSR count). The summed E-state index contributed by atoms with van der Waals surface area (Å²) in [5.74, 6) is -0.904. The van der Waals surface area contributed by atoms with Crippen LogP contribution in [0, 0.1) is 5.92 Å². The van der Waals surface area contributed by atoms with Gasteiger partial charge in [0.15, 0.2) is 0 Å². The zero-order valence-electron chi connectivity index (χ0n) is 23.1. The van der Waals surface area contributed by atoms with Crippen LogP contribution in [0.1, 0.15) is 48.2 Å². The fourth-order valence-corrected chi connectivity index (χ4v) is 8.76. The van der Waals surface area contributed by atoms with Gasteiger partial charge in [0, 0.05) is 30.7 Å². The molecule has 4 heterocycles. The van der Waals surface area contributed by atoms with Gasteiger partial charge in [0.1, 0.15) is 15.6 Å². The van der Waals surface area contributed by atoms with Crippen LogP contribution in [0.3, 0.4) is 0 Å². The molecule has 12 heteroatoms. The number of nitrogens with zero attached hydrogens (tertiary/aromatic N) is 4. The Morgan fingerprint density at radius 1 is 1.00 bits per heavy atom. The lowest BCUT2D eigenvalue weighted by Gasteiger charge is -2.44. The van der Waals surface area contributed by atoms with Crippen molar-refractivity contribution < 1.29 is 28.2 Å². The second kappa shape index (κ2) is 11.8. The van der Waals surface area contributed by atoms with E-state index in [4.69, 9.17) is 0 Å². The molecule has 222 valence electrons. The first kappa shape index (κ1) is 28.8. The molecule has 1 amide bonds. The number of piperazine rings is 1. The Morgan fingerprint density at radius 3 is 2.40 bits per heavy atom. The number of amides is 1. The van der Waals surface area contributed by atoms with Gasteiger partial charge in [-0.05, 0) is 48.9 Å². The van der Waals surface area contributed by atoms with Crippen molar-refractivity contribution in [2.75, 3.05) is 36.0 Å². The van der Waals surface area contributed by atoms with Crippen molar-refractivity contribution in [1.82, 2.24) is 9.29 Å². The second-order valence-corrected chi connectivity index (χ2v) is 14.3. The van der Waals surface area contributed by atoms with E-state index in [0.29, 0.717) is 31.0 Å². The van der Waals surface area contributed by atoms with Crippen molar-refractivity contribution in [2.24, 2.45) is 5.92 Å². The van der Waals surface area contributed by atoms with Crippen molar-refractivity contribution >= 4 is 44.7 Å². The minimum absolute atomic E-state index is 0.00256. The largest absolute Gasteiger partial charge is 0.477 e. The molecule has 2 saturated heterocycles. The summed E-state index contributed by atoms with van der Waals surface area (Å²) >= 11 is 1.13. The van der Waals surface area contributed by atoms with E-state index in [9.17, 15) is 28.2 Å². The number of anilines is 2. The third-order valence-electron chi connectivity index (χ3n) is 8.57. The van der Waals surface area contributed by atoms with E-state index >= 15 is 0 Å². The van der Waals surface area contributed by atoms with Gasteiger partial charge in [-0.25, -0.2) is 18.2 Å². The number of rotatable bonds is 7. The monoisotopic (exact) mass is 610 g/mol. The molecular formula is C30H34N4O6S2. The Labute approximate surface area is 249 Å². The summed E-state index contributed by atoms with van der Waals surface area (Å²) in [5.41, 5.74) is 1.20. The van der Waals surface area contributed by atoms with Crippen molar-refractivity contribution in [1.29, 1.82) is 0 Å². The van der Waals surface area contributed by atoms with Gasteiger partial charge in [-0.3, -0.25) is 4.79 Å². The number of aliphatic hydroxyl groups excluding tert-OH is 1. The van der Waals surface area contributed by atoms with E-state index in [1.54, 1.807) is 17.0 Å². The number of β-amino-alcohol motifs (C(OH)–C–C–N with tert-alkyl or cyclic N) is 1. The standard InChI is InChI=1S/C30H34N4O6S2/c35-22-13-14-32(17-22)27-12-11-23(16-31-27)42(39,40)33-18-25(20-7-3-1-4-8-20)34(28(36)19-33)24-15-26(41-29(24)30(37)38)21-9-5-2-6-10-21/h2,5-6,9-12,15-16,20,22,25,35H,1,3-4,7-8,13-14,17-19H2,(H,37,38)/t22-,25?/m1/s1. The SMILES string of the molecule is O=C(O)c1sc(-c2ccccc2)cc1N1C(=O)CN(S(=O)(=O)c2ccc(N3CC[C@@H](O)C3)nc2)CC1C1CCCCC1. The third-order valence-corrected chi connectivity index (χ3v) is 11.5. The van der Waals surface area contributed by atoms with Crippen LogP contribution >= 0.6 is 11.3 Å². The number of carboxylic acids is 1. The number of pyridine rings is 1. The molecule has 3 aliphatic rings. The summed E-state index contributed by atoms with van der Waals surface area (Å²) in [4.78, 5) is 35.0. The number of aromatic carboxylic acids is 1. The predicted molar refractivity (Wildman–Crippen MR) is 160 cm³/mol. The van der Waals surface area contributed by atoms with Crippen molar-refractivity contribution in [3.63, 3.8) is 0 Å². The van der Waals surface area contributed by atoms with Gasteiger partial charge in [0.2, 0.25) is 15.9 Å². The molecule has 3 aromatic rings. The summed E-state index contributed by atoms with van der Waals surface area (Å²) in [7, 11) is -4.05. The molecule has 1 unspecified atom stereocenters. The van der Waals surface area contributed by atoms with Crippen LogP contribution in [0.5, 0.6) is 0 Å². The highest BCUT2D eigenvalue weighted by atomic mass is 32.2. The maximum atomic E-state index is 13.9.